The molecule has 7 nitrogen and oxygen atoms in total. The standard InChI is InChI=1S/C10H8F3N3O4S/c11-10(12,13)9(17)4-21-8(15-9)20-5-1-2-6(14)7(3-5)16(18)19/h1-3,17H,4,14H2. The summed E-state index contributed by atoms with van der Waals surface area (Å²) in [7, 11) is 0. The van der Waals surface area contributed by atoms with Gasteiger partial charge in [-0.05, 0) is 12.1 Å². The molecule has 21 heavy (non-hydrogen) atoms. The minimum atomic E-state index is -4.93. The van der Waals surface area contributed by atoms with E-state index in [-0.39, 0.29) is 11.4 Å². The van der Waals surface area contributed by atoms with E-state index in [1.165, 1.54) is 12.1 Å². The minimum absolute atomic E-state index is 0.103. The van der Waals surface area contributed by atoms with Crippen molar-refractivity contribution >= 4 is 28.4 Å². The molecule has 2 rings (SSSR count). The molecule has 0 bridgehead atoms. The average Bonchev–Trinajstić information content (AvgIpc) is 2.74. The molecule has 1 aromatic carbocycles. The third-order valence-electron chi connectivity index (χ3n) is 2.53. The summed E-state index contributed by atoms with van der Waals surface area (Å²) in [6, 6.07) is 3.39. The molecule has 0 radical (unpaired) electrons. The maximum atomic E-state index is 12.5. The maximum absolute atomic E-state index is 12.5. The fourth-order valence-electron chi connectivity index (χ4n) is 1.42. The number of aliphatic hydroxyl groups is 1. The highest BCUT2D eigenvalue weighted by molar-refractivity contribution is 8.13. The zero-order chi connectivity index (χ0) is 15.8. The molecule has 0 aliphatic carbocycles. The van der Waals surface area contributed by atoms with Crippen LogP contribution in [0, 0.1) is 10.1 Å². The number of aliphatic imine (C=N–C) groups is 1. The summed E-state index contributed by atoms with van der Waals surface area (Å²) in [5.74, 6) is -0.850. The predicted molar refractivity (Wildman–Crippen MR) is 69.0 cm³/mol. The van der Waals surface area contributed by atoms with Crippen molar-refractivity contribution in [3.63, 3.8) is 0 Å². The SMILES string of the molecule is Nc1ccc(OC2=NC(O)(C(F)(F)F)CS2)cc1[N+](=O)[O-]. The number of hydrogen-bond donors (Lipinski definition) is 2. The van der Waals surface area contributed by atoms with Gasteiger partial charge < -0.3 is 15.6 Å². The summed E-state index contributed by atoms with van der Waals surface area (Å²) in [5.41, 5.74) is 1.61. The molecular formula is C10H8F3N3O4S. The number of ether oxygens (including phenoxy) is 1. The van der Waals surface area contributed by atoms with Crippen LogP contribution in [-0.4, -0.2) is 32.9 Å². The van der Waals surface area contributed by atoms with Crippen LogP contribution >= 0.6 is 11.8 Å². The van der Waals surface area contributed by atoms with Crippen LogP contribution in [0.4, 0.5) is 24.5 Å². The lowest BCUT2D eigenvalue weighted by Crippen LogP contribution is -2.43. The maximum Gasteiger partial charge on any atom is 0.439 e. The van der Waals surface area contributed by atoms with E-state index in [0.29, 0.717) is 11.8 Å². The first-order chi connectivity index (χ1) is 9.62. The van der Waals surface area contributed by atoms with Crippen molar-refractivity contribution in [1.29, 1.82) is 0 Å². The van der Waals surface area contributed by atoms with Gasteiger partial charge in [-0.25, -0.2) is 0 Å². The average molecular weight is 323 g/mol. The van der Waals surface area contributed by atoms with Gasteiger partial charge in [0.15, 0.2) is 0 Å². The summed E-state index contributed by atoms with van der Waals surface area (Å²) < 4.78 is 42.6. The molecule has 0 saturated heterocycles. The summed E-state index contributed by atoms with van der Waals surface area (Å²) in [6.07, 6.45) is -4.93. The molecule has 1 aliphatic rings. The van der Waals surface area contributed by atoms with Crippen molar-refractivity contribution in [2.24, 2.45) is 4.99 Å². The molecule has 1 aliphatic heterocycles. The number of thioether (sulfide) groups is 1. The first kappa shape index (κ1) is 15.4. The molecule has 1 atom stereocenters. The van der Waals surface area contributed by atoms with Crippen LogP contribution in [-0.2, 0) is 0 Å². The number of nitro benzene ring substituents is 1. The summed E-state index contributed by atoms with van der Waals surface area (Å²) in [6.45, 7) is 0. The predicted octanol–water partition coefficient (Wildman–Crippen LogP) is 1.91. The fourth-order valence-corrected chi connectivity index (χ4v) is 2.35. The molecule has 1 heterocycles. The number of nitrogen functional groups attached to an aromatic ring is 1. The van der Waals surface area contributed by atoms with Crippen molar-refractivity contribution in [3.8, 4) is 5.75 Å². The molecule has 0 amide bonds. The molecule has 0 aromatic heterocycles. The zero-order valence-electron chi connectivity index (χ0n) is 10.1. The van der Waals surface area contributed by atoms with Gasteiger partial charge in [-0.2, -0.15) is 18.2 Å². The van der Waals surface area contributed by atoms with E-state index in [0.717, 1.165) is 6.07 Å². The van der Waals surface area contributed by atoms with Crippen LogP contribution in [0.2, 0.25) is 0 Å². The number of anilines is 1. The zero-order valence-corrected chi connectivity index (χ0v) is 10.9. The number of halogens is 3. The van der Waals surface area contributed by atoms with Gasteiger partial charge in [0.25, 0.3) is 16.6 Å². The molecule has 1 aromatic rings. The molecule has 11 heteroatoms. The molecule has 0 spiro atoms. The number of hydrogen-bond acceptors (Lipinski definition) is 7. The lowest BCUT2D eigenvalue weighted by atomic mass is 10.2. The van der Waals surface area contributed by atoms with Gasteiger partial charge in [-0.15, -0.1) is 0 Å². The molecular weight excluding hydrogens is 315 g/mol. The van der Waals surface area contributed by atoms with Crippen molar-refractivity contribution in [1.82, 2.24) is 0 Å². The molecule has 0 fully saturated rings. The van der Waals surface area contributed by atoms with E-state index in [1.54, 1.807) is 0 Å². The first-order valence-electron chi connectivity index (χ1n) is 5.36. The Balaban J connectivity index is 2.22. The number of benzene rings is 1. The topological polar surface area (TPSA) is 111 Å². The Hall–Kier alpha value is -2.01. The molecule has 1 unspecified atom stereocenters. The smallest absolute Gasteiger partial charge is 0.434 e. The van der Waals surface area contributed by atoms with Crippen molar-refractivity contribution in [2.75, 3.05) is 11.5 Å². The van der Waals surface area contributed by atoms with E-state index < -0.39 is 33.5 Å². The normalized spacial score (nSPS) is 22.0. The van der Waals surface area contributed by atoms with Crippen molar-refractivity contribution in [3.05, 3.63) is 28.3 Å². The van der Waals surface area contributed by atoms with Gasteiger partial charge in [0.2, 0.25) is 0 Å². The minimum Gasteiger partial charge on any atom is -0.434 e. The second-order valence-corrected chi connectivity index (χ2v) is 4.99. The summed E-state index contributed by atoms with van der Waals surface area (Å²) in [5, 5.41) is 19.6. The first-order valence-corrected chi connectivity index (χ1v) is 6.34. The van der Waals surface area contributed by atoms with Gasteiger partial charge in [-0.3, -0.25) is 10.1 Å². The Morgan fingerprint density at radius 3 is 2.71 bits per heavy atom. The Bertz CT molecular complexity index is 622. The van der Waals surface area contributed by atoms with Gasteiger partial charge in [0, 0.05) is 0 Å². The number of nitrogens with two attached hydrogens (primary N) is 1. The van der Waals surface area contributed by atoms with Crippen LogP contribution in [0.15, 0.2) is 23.2 Å². The molecule has 114 valence electrons. The summed E-state index contributed by atoms with van der Waals surface area (Å²) >= 11 is 0.546. The van der Waals surface area contributed by atoms with Crippen molar-refractivity contribution in [2.45, 2.75) is 11.9 Å². The third-order valence-corrected chi connectivity index (χ3v) is 3.50. The number of alkyl halides is 3. The Labute approximate surface area is 119 Å². The van der Waals surface area contributed by atoms with E-state index in [9.17, 15) is 28.4 Å². The highest BCUT2D eigenvalue weighted by Crippen LogP contribution is 2.40. The van der Waals surface area contributed by atoms with Crippen LogP contribution in [0.25, 0.3) is 0 Å². The Morgan fingerprint density at radius 2 is 2.19 bits per heavy atom. The fraction of sp³-hybridized carbons (Fsp3) is 0.300. The van der Waals surface area contributed by atoms with Crippen LogP contribution in [0.3, 0.4) is 0 Å². The Kier molecular flexibility index (Phi) is 3.72. The van der Waals surface area contributed by atoms with Crippen LogP contribution < -0.4 is 10.5 Å². The number of nitrogens with zero attached hydrogens (tertiary/aromatic N) is 2. The monoisotopic (exact) mass is 323 g/mol. The molecule has 3 N–H and O–H groups in total. The largest absolute Gasteiger partial charge is 0.439 e. The quantitative estimate of drug-likeness (QED) is 0.488. The van der Waals surface area contributed by atoms with Gasteiger partial charge in [0.1, 0.15) is 11.4 Å². The van der Waals surface area contributed by atoms with Crippen molar-refractivity contribution < 1.29 is 27.9 Å². The Morgan fingerprint density at radius 1 is 1.52 bits per heavy atom. The second-order valence-electron chi connectivity index (χ2n) is 4.06. The number of rotatable bonds is 2. The highest BCUT2D eigenvalue weighted by Gasteiger charge is 2.57. The lowest BCUT2D eigenvalue weighted by molar-refractivity contribution is -0.383. The summed E-state index contributed by atoms with van der Waals surface area (Å²) in [4.78, 5) is 13.0. The van der Waals surface area contributed by atoms with Gasteiger partial charge >= 0.3 is 6.18 Å². The van der Waals surface area contributed by atoms with E-state index >= 15 is 0 Å². The molecule has 0 saturated carbocycles. The number of nitro groups is 1. The van der Waals surface area contributed by atoms with E-state index in [2.05, 4.69) is 4.99 Å². The lowest BCUT2D eigenvalue weighted by Gasteiger charge is -2.20. The third kappa shape index (κ3) is 3.03. The van der Waals surface area contributed by atoms with E-state index in [1.807, 2.05) is 0 Å². The van der Waals surface area contributed by atoms with E-state index in [4.69, 9.17) is 10.5 Å². The van der Waals surface area contributed by atoms with Gasteiger partial charge in [0.05, 0.1) is 16.7 Å². The van der Waals surface area contributed by atoms with Gasteiger partial charge in [-0.1, -0.05) is 11.8 Å². The van der Waals surface area contributed by atoms with Crippen LogP contribution in [0.1, 0.15) is 0 Å². The van der Waals surface area contributed by atoms with Crippen LogP contribution in [0.5, 0.6) is 5.75 Å². The highest BCUT2D eigenvalue weighted by atomic mass is 32.2. The second kappa shape index (κ2) is 5.07.